The van der Waals surface area contributed by atoms with Crippen molar-refractivity contribution in [2.75, 3.05) is 13.7 Å². The van der Waals surface area contributed by atoms with Crippen molar-refractivity contribution in [1.82, 2.24) is 9.55 Å². The lowest BCUT2D eigenvalue weighted by Gasteiger charge is -2.19. The molecule has 1 aliphatic heterocycles. The highest BCUT2D eigenvalue weighted by Gasteiger charge is 2.47. The molecular formula is C10H13N5O6. The normalized spacial score (nSPS) is 28.1. The van der Waals surface area contributed by atoms with Gasteiger partial charge in [0.05, 0.1) is 19.9 Å². The largest absolute Gasteiger partial charge is 0.490 e. The molecule has 1 aromatic rings. The molecule has 3 N–H and O–H groups in total. The summed E-state index contributed by atoms with van der Waals surface area (Å²) in [7, 11) is 1.25. The van der Waals surface area contributed by atoms with Crippen molar-refractivity contribution in [2.24, 2.45) is 5.11 Å². The lowest BCUT2D eigenvalue weighted by atomic mass is 10.1. The first-order valence-electron chi connectivity index (χ1n) is 5.89. The van der Waals surface area contributed by atoms with Crippen LogP contribution in [0, 0.1) is 0 Å². The highest BCUT2D eigenvalue weighted by molar-refractivity contribution is 5.12. The van der Waals surface area contributed by atoms with Crippen LogP contribution in [0.1, 0.15) is 12.6 Å². The Morgan fingerprint density at radius 3 is 3.00 bits per heavy atom. The molecule has 11 nitrogen and oxygen atoms in total. The summed E-state index contributed by atoms with van der Waals surface area (Å²) >= 11 is 0. The van der Waals surface area contributed by atoms with E-state index in [1.165, 1.54) is 7.11 Å². The quantitative estimate of drug-likeness (QED) is 0.360. The van der Waals surface area contributed by atoms with Crippen LogP contribution in [-0.2, 0) is 4.74 Å². The monoisotopic (exact) mass is 299 g/mol. The summed E-state index contributed by atoms with van der Waals surface area (Å²) in [6, 6.07) is 0. The Balaban J connectivity index is 2.43. The Hall–Kier alpha value is -2.33. The van der Waals surface area contributed by atoms with Crippen LogP contribution < -0.4 is 16.0 Å². The second kappa shape index (κ2) is 5.58. The van der Waals surface area contributed by atoms with Crippen molar-refractivity contribution in [1.29, 1.82) is 0 Å². The number of H-pyrrole nitrogens is 1. The van der Waals surface area contributed by atoms with Gasteiger partial charge in [-0.05, 0) is 5.53 Å². The molecule has 0 amide bonds. The SMILES string of the molecule is COc1cn([C@H]2C[C@@](O)(N=[N+]=[N-])[C@@H](CO)O2)c(=O)[nH]c1=O. The zero-order valence-corrected chi connectivity index (χ0v) is 11.0. The number of aromatic amines is 1. The van der Waals surface area contributed by atoms with E-state index in [1.807, 2.05) is 4.98 Å². The molecule has 114 valence electrons. The van der Waals surface area contributed by atoms with Crippen LogP contribution in [0.2, 0.25) is 0 Å². The molecule has 0 spiro atoms. The van der Waals surface area contributed by atoms with Crippen LogP contribution in [0.3, 0.4) is 0 Å². The predicted octanol–water partition coefficient (Wildman–Crippen LogP) is -1.18. The van der Waals surface area contributed by atoms with Crippen molar-refractivity contribution in [3.8, 4) is 5.75 Å². The number of rotatable bonds is 4. The van der Waals surface area contributed by atoms with E-state index in [9.17, 15) is 14.7 Å². The first-order valence-corrected chi connectivity index (χ1v) is 5.89. The van der Waals surface area contributed by atoms with E-state index in [-0.39, 0.29) is 12.2 Å². The number of hydrogen-bond acceptors (Lipinski definition) is 7. The van der Waals surface area contributed by atoms with E-state index in [1.54, 1.807) is 0 Å². The molecule has 1 fully saturated rings. The van der Waals surface area contributed by atoms with E-state index >= 15 is 0 Å². The first kappa shape index (κ1) is 15.1. The summed E-state index contributed by atoms with van der Waals surface area (Å²) in [5.74, 6) is -0.127. The molecule has 2 rings (SSSR count). The van der Waals surface area contributed by atoms with Crippen LogP contribution >= 0.6 is 0 Å². The Morgan fingerprint density at radius 2 is 2.43 bits per heavy atom. The fraction of sp³-hybridized carbons (Fsp3) is 0.600. The highest BCUT2D eigenvalue weighted by atomic mass is 16.6. The number of aromatic nitrogens is 2. The number of azide groups is 1. The third-order valence-corrected chi connectivity index (χ3v) is 3.16. The second-order valence-electron chi connectivity index (χ2n) is 4.40. The molecule has 0 saturated carbocycles. The molecule has 3 atom stereocenters. The van der Waals surface area contributed by atoms with Gasteiger partial charge in [0, 0.05) is 11.3 Å². The fourth-order valence-corrected chi connectivity index (χ4v) is 2.10. The Labute approximate surface area is 117 Å². The molecule has 0 bridgehead atoms. The fourth-order valence-electron chi connectivity index (χ4n) is 2.10. The van der Waals surface area contributed by atoms with Crippen LogP contribution in [0.5, 0.6) is 5.75 Å². The zero-order chi connectivity index (χ0) is 15.6. The summed E-state index contributed by atoms with van der Waals surface area (Å²) in [5, 5.41) is 22.5. The number of nitrogens with one attached hydrogen (secondary N) is 1. The van der Waals surface area contributed by atoms with Gasteiger partial charge in [0.1, 0.15) is 12.3 Å². The maximum atomic E-state index is 11.8. The average Bonchev–Trinajstić information content (AvgIpc) is 2.76. The summed E-state index contributed by atoms with van der Waals surface area (Å²) in [4.78, 5) is 27.7. The van der Waals surface area contributed by atoms with Gasteiger partial charge < -0.3 is 19.7 Å². The minimum Gasteiger partial charge on any atom is -0.490 e. The smallest absolute Gasteiger partial charge is 0.330 e. The van der Waals surface area contributed by atoms with Gasteiger partial charge in [-0.1, -0.05) is 5.11 Å². The molecule has 1 aromatic heterocycles. The molecule has 11 heteroatoms. The highest BCUT2D eigenvalue weighted by Crippen LogP contribution is 2.37. The van der Waals surface area contributed by atoms with Gasteiger partial charge >= 0.3 is 5.69 Å². The lowest BCUT2D eigenvalue weighted by Crippen LogP contribution is -2.38. The van der Waals surface area contributed by atoms with Gasteiger partial charge in [-0.3, -0.25) is 14.3 Å². The summed E-state index contributed by atoms with van der Waals surface area (Å²) < 4.78 is 11.1. The van der Waals surface area contributed by atoms with Gasteiger partial charge in [-0.25, -0.2) is 4.79 Å². The molecule has 21 heavy (non-hydrogen) atoms. The topological polar surface area (TPSA) is 163 Å². The minimum absolute atomic E-state index is 0.127. The zero-order valence-electron chi connectivity index (χ0n) is 11.0. The molecule has 0 aromatic carbocycles. The van der Waals surface area contributed by atoms with Gasteiger partial charge in [0.2, 0.25) is 5.75 Å². The van der Waals surface area contributed by atoms with Crippen LogP contribution in [0.15, 0.2) is 20.9 Å². The number of aliphatic hydroxyl groups is 2. The number of nitrogens with zero attached hydrogens (tertiary/aromatic N) is 4. The number of aliphatic hydroxyl groups excluding tert-OH is 1. The molecular weight excluding hydrogens is 286 g/mol. The van der Waals surface area contributed by atoms with Crippen molar-refractivity contribution in [2.45, 2.75) is 24.5 Å². The van der Waals surface area contributed by atoms with Crippen molar-refractivity contribution < 1.29 is 19.7 Å². The second-order valence-corrected chi connectivity index (χ2v) is 4.40. The number of methoxy groups -OCH3 is 1. The van der Waals surface area contributed by atoms with Crippen LogP contribution in [0.25, 0.3) is 10.4 Å². The Bertz CT molecular complexity index is 692. The third-order valence-electron chi connectivity index (χ3n) is 3.16. The van der Waals surface area contributed by atoms with Gasteiger partial charge in [0.15, 0.2) is 5.72 Å². The standard InChI is InChI=1S/C10H13N5O6/c1-20-5-3-15(9(18)12-8(5)17)7-2-10(19,13-14-11)6(4-16)21-7/h3,6-7,16,19H,2,4H2,1H3,(H,12,17,18)/t6-,7-,10+/m1/s1. The number of hydrogen-bond donors (Lipinski definition) is 3. The van der Waals surface area contributed by atoms with Crippen LogP contribution in [0.4, 0.5) is 0 Å². The summed E-state index contributed by atoms with van der Waals surface area (Å²) in [6.45, 7) is -0.610. The maximum Gasteiger partial charge on any atom is 0.330 e. The molecule has 0 unspecified atom stereocenters. The van der Waals surface area contributed by atoms with Crippen molar-refractivity contribution in [3.05, 3.63) is 37.5 Å². The van der Waals surface area contributed by atoms with E-state index in [0.717, 1.165) is 10.8 Å². The van der Waals surface area contributed by atoms with Gasteiger partial charge in [-0.2, -0.15) is 0 Å². The van der Waals surface area contributed by atoms with Gasteiger partial charge in [-0.15, -0.1) is 0 Å². The van der Waals surface area contributed by atoms with E-state index < -0.39 is 35.9 Å². The van der Waals surface area contributed by atoms with Crippen molar-refractivity contribution >= 4 is 0 Å². The van der Waals surface area contributed by atoms with E-state index in [2.05, 4.69) is 10.0 Å². The van der Waals surface area contributed by atoms with E-state index in [4.69, 9.17) is 20.1 Å². The van der Waals surface area contributed by atoms with Crippen LogP contribution in [-0.4, -0.2) is 45.3 Å². The van der Waals surface area contributed by atoms with E-state index in [0.29, 0.717) is 0 Å². The number of ether oxygens (including phenoxy) is 2. The Kier molecular flexibility index (Phi) is 4.00. The molecule has 1 saturated heterocycles. The third kappa shape index (κ3) is 2.62. The summed E-state index contributed by atoms with van der Waals surface area (Å²) in [6.07, 6.45) is -1.38. The molecule has 2 heterocycles. The Morgan fingerprint density at radius 1 is 1.71 bits per heavy atom. The maximum absolute atomic E-state index is 11.8. The first-order chi connectivity index (χ1) is 9.95. The van der Waals surface area contributed by atoms with Gasteiger partial charge in [0.25, 0.3) is 5.56 Å². The molecule has 1 aliphatic rings. The molecule has 0 aliphatic carbocycles. The minimum atomic E-state index is -1.99. The summed E-state index contributed by atoms with van der Waals surface area (Å²) in [5.41, 5.74) is 4.98. The predicted molar refractivity (Wildman–Crippen MR) is 67.6 cm³/mol. The molecule has 0 radical (unpaired) electrons. The average molecular weight is 299 g/mol. The van der Waals surface area contributed by atoms with Crippen molar-refractivity contribution in [3.63, 3.8) is 0 Å². The lowest BCUT2D eigenvalue weighted by molar-refractivity contribution is -0.0798.